The van der Waals surface area contributed by atoms with Crippen LogP contribution in [0.2, 0.25) is 0 Å². The van der Waals surface area contributed by atoms with E-state index in [1.54, 1.807) is 6.26 Å². The molecule has 132 valence electrons. The van der Waals surface area contributed by atoms with Crippen LogP contribution in [0, 0.1) is 11.8 Å². The molecule has 5 N–H and O–H groups in total. The molecule has 0 unspecified atom stereocenters. The number of fused-ring (bicyclic) bond motifs is 1. The maximum atomic E-state index is 10.2. The van der Waals surface area contributed by atoms with E-state index in [0.717, 1.165) is 12.0 Å². The molecular formula is C15H24O8. The van der Waals surface area contributed by atoms with Gasteiger partial charge in [0.1, 0.15) is 24.4 Å². The summed E-state index contributed by atoms with van der Waals surface area (Å²) in [6, 6.07) is 0. The van der Waals surface area contributed by atoms with Gasteiger partial charge in [0.15, 0.2) is 6.29 Å². The smallest absolute Gasteiger partial charge is 0.207 e. The largest absolute Gasteiger partial charge is 0.472 e. The highest BCUT2D eigenvalue weighted by Crippen LogP contribution is 2.43. The average Bonchev–Trinajstić information content (AvgIpc) is 2.93. The summed E-state index contributed by atoms with van der Waals surface area (Å²) >= 11 is 0. The molecule has 2 aliphatic heterocycles. The summed E-state index contributed by atoms with van der Waals surface area (Å²) in [7, 11) is 0. The van der Waals surface area contributed by atoms with Gasteiger partial charge in [-0.15, -0.1) is 0 Å². The van der Waals surface area contributed by atoms with Crippen LogP contribution in [0.15, 0.2) is 11.8 Å². The molecular weight excluding hydrogens is 308 g/mol. The fourth-order valence-corrected chi connectivity index (χ4v) is 3.69. The van der Waals surface area contributed by atoms with Gasteiger partial charge in [0, 0.05) is 0 Å². The predicted molar refractivity (Wildman–Crippen MR) is 75.7 cm³/mol. The molecule has 0 aromatic rings. The normalized spacial score (nSPS) is 50.2. The molecule has 1 aliphatic carbocycles. The Kier molecular flexibility index (Phi) is 4.93. The van der Waals surface area contributed by atoms with Crippen LogP contribution in [-0.4, -0.2) is 75.2 Å². The number of allylic oxidation sites excluding steroid dienone is 1. The van der Waals surface area contributed by atoms with Gasteiger partial charge in [0.05, 0.1) is 24.9 Å². The molecule has 0 aromatic heterocycles. The van der Waals surface area contributed by atoms with E-state index >= 15 is 0 Å². The van der Waals surface area contributed by atoms with Crippen LogP contribution in [0.4, 0.5) is 0 Å². The van der Waals surface area contributed by atoms with E-state index in [9.17, 15) is 25.5 Å². The summed E-state index contributed by atoms with van der Waals surface area (Å²) in [5.41, 5.74) is 1.03. The molecule has 1 saturated heterocycles. The fourth-order valence-electron chi connectivity index (χ4n) is 3.69. The van der Waals surface area contributed by atoms with E-state index in [0.29, 0.717) is 6.42 Å². The van der Waals surface area contributed by atoms with E-state index < -0.39 is 49.7 Å². The maximum Gasteiger partial charge on any atom is 0.207 e. The minimum absolute atomic E-state index is 0.133. The van der Waals surface area contributed by atoms with Crippen molar-refractivity contribution in [2.45, 2.75) is 62.9 Å². The number of aliphatic hydroxyl groups is 5. The molecule has 0 bridgehead atoms. The SMILES string of the molecule is CC1=CO[C@@H](O[C@H]2O[C@@H](CO)[C@H](O)[C@@H](O)[C@@H]2O)[C@H]2[C@@H]1CC[C@@H]2O. The van der Waals surface area contributed by atoms with Crippen LogP contribution in [0.1, 0.15) is 19.8 Å². The highest BCUT2D eigenvalue weighted by molar-refractivity contribution is 5.10. The van der Waals surface area contributed by atoms with Crippen LogP contribution in [0.25, 0.3) is 0 Å². The van der Waals surface area contributed by atoms with Crippen molar-refractivity contribution in [3.05, 3.63) is 11.8 Å². The molecule has 23 heavy (non-hydrogen) atoms. The zero-order chi connectivity index (χ0) is 16.7. The standard InChI is InChI=1S/C15H24O8/c1-6-5-21-14(10-7(6)2-3-8(10)17)23-15-13(20)12(19)11(18)9(4-16)22-15/h5,7-20H,2-4H2,1H3/t7-,8+,9+,10+,11+,12-,13+,14+,15-/m1/s1. The maximum absolute atomic E-state index is 10.2. The second-order valence-corrected chi connectivity index (χ2v) is 6.53. The van der Waals surface area contributed by atoms with Gasteiger partial charge in [0.2, 0.25) is 6.29 Å². The monoisotopic (exact) mass is 332 g/mol. The van der Waals surface area contributed by atoms with Gasteiger partial charge in [-0.25, -0.2) is 0 Å². The third kappa shape index (κ3) is 3.00. The van der Waals surface area contributed by atoms with Crippen LogP contribution in [0.3, 0.4) is 0 Å². The van der Waals surface area contributed by atoms with E-state index in [-0.39, 0.29) is 11.8 Å². The van der Waals surface area contributed by atoms with Crippen molar-refractivity contribution in [1.29, 1.82) is 0 Å². The van der Waals surface area contributed by atoms with Crippen LogP contribution >= 0.6 is 0 Å². The Morgan fingerprint density at radius 2 is 1.83 bits per heavy atom. The Morgan fingerprint density at radius 1 is 1.09 bits per heavy atom. The lowest BCUT2D eigenvalue weighted by Gasteiger charge is -2.42. The molecule has 1 saturated carbocycles. The minimum atomic E-state index is -1.50. The highest BCUT2D eigenvalue weighted by Gasteiger charge is 2.49. The number of hydrogen-bond acceptors (Lipinski definition) is 8. The molecule has 0 spiro atoms. The van der Waals surface area contributed by atoms with Crippen molar-refractivity contribution in [3.8, 4) is 0 Å². The molecule has 2 fully saturated rings. The van der Waals surface area contributed by atoms with Gasteiger partial charge in [-0.05, 0) is 31.3 Å². The predicted octanol–water partition coefficient (Wildman–Crippen LogP) is -1.55. The van der Waals surface area contributed by atoms with Gasteiger partial charge in [-0.2, -0.15) is 0 Å². The minimum Gasteiger partial charge on any atom is -0.472 e. The van der Waals surface area contributed by atoms with Crippen molar-refractivity contribution in [3.63, 3.8) is 0 Å². The van der Waals surface area contributed by atoms with E-state index in [1.807, 2.05) is 6.92 Å². The lowest BCUT2D eigenvalue weighted by atomic mass is 9.87. The van der Waals surface area contributed by atoms with Crippen molar-refractivity contribution in [1.82, 2.24) is 0 Å². The number of rotatable bonds is 3. The number of aliphatic hydroxyl groups excluding tert-OH is 5. The first-order chi connectivity index (χ1) is 10.9. The zero-order valence-corrected chi connectivity index (χ0v) is 12.9. The second-order valence-electron chi connectivity index (χ2n) is 6.53. The van der Waals surface area contributed by atoms with E-state index in [1.165, 1.54) is 0 Å². The third-order valence-corrected chi connectivity index (χ3v) is 5.09. The van der Waals surface area contributed by atoms with Crippen LogP contribution in [0.5, 0.6) is 0 Å². The van der Waals surface area contributed by atoms with Crippen molar-refractivity contribution < 1.29 is 39.7 Å². The quantitative estimate of drug-likeness (QED) is 0.420. The van der Waals surface area contributed by atoms with Gasteiger partial charge < -0.3 is 39.7 Å². The Hall–Kier alpha value is -0.740. The summed E-state index contributed by atoms with van der Waals surface area (Å²) in [6.45, 7) is 1.41. The molecule has 9 atom stereocenters. The Balaban J connectivity index is 1.73. The number of hydrogen-bond donors (Lipinski definition) is 5. The Labute approximate surface area is 133 Å². The first kappa shape index (κ1) is 17.1. The Bertz CT molecular complexity index is 453. The molecule has 3 rings (SSSR count). The van der Waals surface area contributed by atoms with Crippen molar-refractivity contribution >= 4 is 0 Å². The first-order valence-electron chi connectivity index (χ1n) is 7.90. The molecule has 8 heteroatoms. The topological polar surface area (TPSA) is 129 Å². The van der Waals surface area contributed by atoms with Gasteiger partial charge in [-0.3, -0.25) is 0 Å². The van der Waals surface area contributed by atoms with Gasteiger partial charge in [-0.1, -0.05) is 0 Å². The zero-order valence-electron chi connectivity index (χ0n) is 12.9. The number of ether oxygens (including phenoxy) is 3. The van der Waals surface area contributed by atoms with Crippen molar-refractivity contribution in [2.24, 2.45) is 11.8 Å². The van der Waals surface area contributed by atoms with Crippen molar-refractivity contribution in [2.75, 3.05) is 6.61 Å². The third-order valence-electron chi connectivity index (χ3n) is 5.09. The summed E-state index contributed by atoms with van der Waals surface area (Å²) < 4.78 is 16.5. The molecule has 3 aliphatic rings. The van der Waals surface area contributed by atoms with Gasteiger partial charge in [0.25, 0.3) is 0 Å². The van der Waals surface area contributed by atoms with E-state index in [4.69, 9.17) is 14.2 Å². The fraction of sp³-hybridized carbons (Fsp3) is 0.867. The average molecular weight is 332 g/mol. The molecule has 2 heterocycles. The second kappa shape index (κ2) is 6.64. The van der Waals surface area contributed by atoms with E-state index in [2.05, 4.69) is 0 Å². The van der Waals surface area contributed by atoms with Crippen LogP contribution in [-0.2, 0) is 14.2 Å². The van der Waals surface area contributed by atoms with Gasteiger partial charge >= 0.3 is 0 Å². The summed E-state index contributed by atoms with van der Waals surface area (Å²) in [5.74, 6) is -0.152. The lowest BCUT2D eigenvalue weighted by Crippen LogP contribution is -2.60. The Morgan fingerprint density at radius 3 is 2.52 bits per heavy atom. The summed E-state index contributed by atoms with van der Waals surface area (Å²) in [4.78, 5) is 0. The summed E-state index contributed by atoms with van der Waals surface area (Å²) in [6.07, 6.45) is -5.11. The molecule has 8 nitrogen and oxygen atoms in total. The molecule has 0 aromatic carbocycles. The highest BCUT2D eigenvalue weighted by atomic mass is 16.8. The molecule has 0 radical (unpaired) electrons. The molecule has 0 amide bonds. The first-order valence-corrected chi connectivity index (χ1v) is 7.90. The van der Waals surface area contributed by atoms with Crippen LogP contribution < -0.4 is 0 Å². The lowest BCUT2D eigenvalue weighted by molar-refractivity contribution is -0.343. The summed E-state index contributed by atoms with van der Waals surface area (Å²) in [5, 5.41) is 49.0.